The Bertz CT molecular complexity index is 449. The van der Waals surface area contributed by atoms with Gasteiger partial charge < -0.3 is 22.6 Å². The Hall–Kier alpha value is -1.000. The molecular formula is C11H12Cl2FN3. The van der Waals surface area contributed by atoms with Gasteiger partial charge in [-0.3, -0.25) is 4.99 Å². The summed E-state index contributed by atoms with van der Waals surface area (Å²) in [5, 5.41) is 3.67. The summed E-state index contributed by atoms with van der Waals surface area (Å²) in [6.45, 7) is 2.46. The molecule has 1 fully saturated rings. The van der Waals surface area contributed by atoms with Crippen LogP contribution in [-0.4, -0.2) is 30.5 Å². The van der Waals surface area contributed by atoms with Gasteiger partial charge in [0, 0.05) is 23.7 Å². The van der Waals surface area contributed by atoms with E-state index in [-0.39, 0.29) is 25.7 Å². The standard InChI is InChI=1S/C11H11ClFN3.ClH/c12-7-2-1-3-8(13)10(7)9-6-16-5-4-14-11(16)15-9;/h1-3,9H,4-6H2,(H,14,15);1H. The second-order valence-electron chi connectivity index (χ2n) is 3.98. The van der Waals surface area contributed by atoms with Crippen molar-refractivity contribution in [3.05, 3.63) is 34.6 Å². The van der Waals surface area contributed by atoms with Crippen molar-refractivity contribution >= 4 is 17.6 Å². The molecule has 0 aromatic heterocycles. The molecule has 92 valence electrons. The molecule has 0 bridgehead atoms. The lowest BCUT2D eigenvalue weighted by Crippen LogP contribution is -3.00. The summed E-state index contributed by atoms with van der Waals surface area (Å²) in [6, 6.07) is 4.68. The predicted molar refractivity (Wildman–Crippen MR) is 62.3 cm³/mol. The molecule has 0 amide bonds. The van der Waals surface area contributed by atoms with E-state index in [2.05, 4.69) is 15.2 Å². The van der Waals surface area contributed by atoms with Gasteiger partial charge in [0.25, 0.3) is 0 Å². The Labute approximate surface area is 112 Å². The quantitative estimate of drug-likeness (QED) is 0.706. The Balaban J connectivity index is 0.000000810. The number of halogens is 3. The molecule has 1 aromatic carbocycles. The zero-order chi connectivity index (χ0) is 11.1. The molecular weight excluding hydrogens is 264 g/mol. The average Bonchev–Trinajstić information content (AvgIpc) is 2.77. The van der Waals surface area contributed by atoms with E-state index in [9.17, 15) is 4.39 Å². The van der Waals surface area contributed by atoms with Crippen LogP contribution in [0, 0.1) is 5.82 Å². The van der Waals surface area contributed by atoms with Crippen molar-refractivity contribution in [2.24, 2.45) is 4.99 Å². The highest BCUT2D eigenvalue weighted by Gasteiger charge is 2.32. The summed E-state index contributed by atoms with van der Waals surface area (Å²) in [5.74, 6) is 0.607. The van der Waals surface area contributed by atoms with E-state index < -0.39 is 0 Å². The maximum atomic E-state index is 13.7. The van der Waals surface area contributed by atoms with Gasteiger partial charge in [-0.2, -0.15) is 0 Å². The topological polar surface area (TPSA) is 27.6 Å². The van der Waals surface area contributed by atoms with Crippen LogP contribution in [0.15, 0.2) is 23.2 Å². The van der Waals surface area contributed by atoms with Crippen molar-refractivity contribution in [3.63, 3.8) is 0 Å². The third-order valence-electron chi connectivity index (χ3n) is 2.99. The van der Waals surface area contributed by atoms with Crippen molar-refractivity contribution in [2.75, 3.05) is 19.6 Å². The van der Waals surface area contributed by atoms with Crippen molar-refractivity contribution in [1.82, 2.24) is 10.2 Å². The van der Waals surface area contributed by atoms with Crippen LogP contribution in [0.25, 0.3) is 0 Å². The third kappa shape index (κ3) is 2.07. The minimum Gasteiger partial charge on any atom is -1.00 e. The number of hydrogen-bond donors (Lipinski definition) is 1. The minimum absolute atomic E-state index is 0. The van der Waals surface area contributed by atoms with Gasteiger partial charge in [0.2, 0.25) is 0 Å². The highest BCUT2D eigenvalue weighted by molar-refractivity contribution is 6.31. The van der Waals surface area contributed by atoms with Crippen LogP contribution < -0.4 is 17.7 Å². The first-order valence-corrected chi connectivity index (χ1v) is 5.63. The van der Waals surface area contributed by atoms with Crippen LogP contribution in [0.1, 0.15) is 13.0 Å². The number of guanidine groups is 1. The maximum Gasteiger partial charge on any atom is 1.00 e. The fraction of sp³-hybridized carbons (Fsp3) is 0.364. The number of fused-ring (bicyclic) bond motifs is 1. The Morgan fingerprint density at radius 1 is 1.53 bits per heavy atom. The molecule has 0 aliphatic carbocycles. The molecule has 2 heterocycles. The molecule has 1 atom stereocenters. The number of benzene rings is 1. The second-order valence-corrected chi connectivity index (χ2v) is 4.39. The van der Waals surface area contributed by atoms with Crippen LogP contribution in [0.5, 0.6) is 0 Å². The summed E-state index contributed by atoms with van der Waals surface area (Å²) >= 11 is 6.03. The number of nitrogens with one attached hydrogen (secondary N) is 1. The van der Waals surface area contributed by atoms with Gasteiger partial charge in [-0.25, -0.2) is 4.39 Å². The van der Waals surface area contributed by atoms with Crippen LogP contribution in [0.3, 0.4) is 0 Å². The summed E-state index contributed by atoms with van der Waals surface area (Å²) < 4.78 is 13.7. The average molecular weight is 276 g/mol. The summed E-state index contributed by atoms with van der Waals surface area (Å²) in [6.07, 6.45) is 0. The monoisotopic (exact) mass is 275 g/mol. The largest absolute Gasteiger partial charge is 1.00 e. The van der Waals surface area contributed by atoms with Gasteiger partial charge in [0.15, 0.2) is 5.96 Å². The lowest BCUT2D eigenvalue weighted by Gasteiger charge is -2.14. The number of nitrogens with zero attached hydrogens (tertiary/aromatic N) is 2. The summed E-state index contributed by atoms with van der Waals surface area (Å²) in [7, 11) is 0. The number of rotatable bonds is 1. The molecule has 1 saturated heterocycles. The van der Waals surface area contributed by atoms with E-state index in [1.807, 2.05) is 0 Å². The van der Waals surface area contributed by atoms with Gasteiger partial charge >= 0.3 is 1.43 Å². The second kappa shape index (κ2) is 4.70. The molecule has 6 heteroatoms. The molecule has 3 nitrogen and oxygen atoms in total. The highest BCUT2D eigenvalue weighted by Crippen LogP contribution is 2.29. The fourth-order valence-electron chi connectivity index (χ4n) is 2.23. The molecule has 1 unspecified atom stereocenters. The number of hydrogen-bond acceptors (Lipinski definition) is 3. The maximum absolute atomic E-state index is 13.7. The third-order valence-corrected chi connectivity index (χ3v) is 3.32. The lowest BCUT2D eigenvalue weighted by molar-refractivity contribution is -0.00000385. The van der Waals surface area contributed by atoms with Gasteiger partial charge in [0.1, 0.15) is 5.82 Å². The van der Waals surface area contributed by atoms with Gasteiger partial charge in [-0.15, -0.1) is 0 Å². The van der Waals surface area contributed by atoms with E-state index in [0.29, 0.717) is 10.6 Å². The first kappa shape index (κ1) is 12.5. The van der Waals surface area contributed by atoms with Crippen LogP contribution >= 0.6 is 11.6 Å². The normalized spacial score (nSPS) is 21.6. The van der Waals surface area contributed by atoms with E-state index in [0.717, 1.165) is 25.6 Å². The Morgan fingerprint density at radius 2 is 2.35 bits per heavy atom. The molecule has 0 saturated carbocycles. The molecule has 3 rings (SSSR count). The van der Waals surface area contributed by atoms with Crippen molar-refractivity contribution in [1.29, 1.82) is 0 Å². The van der Waals surface area contributed by atoms with Crippen LogP contribution in [-0.2, 0) is 0 Å². The van der Waals surface area contributed by atoms with Crippen molar-refractivity contribution < 1.29 is 18.2 Å². The van der Waals surface area contributed by atoms with Crippen LogP contribution in [0.4, 0.5) is 4.39 Å². The lowest BCUT2D eigenvalue weighted by atomic mass is 10.1. The Morgan fingerprint density at radius 3 is 3.06 bits per heavy atom. The SMILES string of the molecule is Fc1cccc(Cl)c1C1CN2CCN=C2N1.[Cl-].[H+]. The first-order chi connectivity index (χ1) is 7.75. The molecule has 1 aromatic rings. The molecule has 2 aliphatic rings. The smallest absolute Gasteiger partial charge is 1.00 e. The van der Waals surface area contributed by atoms with Crippen molar-refractivity contribution in [3.8, 4) is 0 Å². The van der Waals surface area contributed by atoms with Gasteiger partial charge in [-0.05, 0) is 12.1 Å². The van der Waals surface area contributed by atoms with E-state index in [1.165, 1.54) is 6.07 Å². The van der Waals surface area contributed by atoms with Gasteiger partial charge in [0.05, 0.1) is 12.6 Å². The molecule has 0 radical (unpaired) electrons. The zero-order valence-electron chi connectivity index (χ0n) is 9.96. The van der Waals surface area contributed by atoms with E-state index >= 15 is 0 Å². The zero-order valence-corrected chi connectivity index (χ0v) is 10.5. The van der Waals surface area contributed by atoms with Crippen LogP contribution in [0.2, 0.25) is 5.02 Å². The predicted octanol–water partition coefficient (Wildman–Crippen LogP) is -1.09. The van der Waals surface area contributed by atoms with E-state index in [4.69, 9.17) is 11.6 Å². The molecule has 0 spiro atoms. The summed E-state index contributed by atoms with van der Waals surface area (Å²) in [4.78, 5) is 6.42. The number of aliphatic imine (C=N–C) groups is 1. The first-order valence-electron chi connectivity index (χ1n) is 5.25. The molecule has 2 aliphatic heterocycles. The molecule has 1 N–H and O–H groups in total. The minimum atomic E-state index is -0.258. The fourth-order valence-corrected chi connectivity index (χ4v) is 2.52. The summed E-state index contributed by atoms with van der Waals surface area (Å²) in [5.41, 5.74) is 0.543. The van der Waals surface area contributed by atoms with Gasteiger partial charge in [-0.1, -0.05) is 17.7 Å². The van der Waals surface area contributed by atoms with E-state index in [1.54, 1.807) is 12.1 Å². The van der Waals surface area contributed by atoms with Crippen molar-refractivity contribution in [2.45, 2.75) is 6.04 Å². The Kier molecular flexibility index (Phi) is 3.45. The highest BCUT2D eigenvalue weighted by atomic mass is 35.5. The molecule has 17 heavy (non-hydrogen) atoms.